The largest absolute Gasteiger partial charge is 0.459 e. The SMILES string of the molecule is CN(C)C(CNC(=O)C1CC=CCC1)c1cc2ccccc2o1. The number of nitrogens with zero attached hydrogens (tertiary/aromatic N) is 1. The lowest BCUT2D eigenvalue weighted by Gasteiger charge is -2.24. The molecular formula is C19H24N2O2. The van der Waals surface area contributed by atoms with Crippen LogP contribution in [0, 0.1) is 5.92 Å². The summed E-state index contributed by atoms with van der Waals surface area (Å²) in [4.78, 5) is 14.4. The van der Waals surface area contributed by atoms with E-state index in [1.807, 2.05) is 38.4 Å². The molecule has 1 aromatic carbocycles. The average molecular weight is 312 g/mol. The second kappa shape index (κ2) is 7.01. The van der Waals surface area contributed by atoms with Crippen LogP contribution in [0.2, 0.25) is 0 Å². The first kappa shape index (κ1) is 15.8. The van der Waals surface area contributed by atoms with E-state index in [-0.39, 0.29) is 17.9 Å². The third kappa shape index (κ3) is 3.64. The van der Waals surface area contributed by atoms with E-state index in [1.54, 1.807) is 0 Å². The van der Waals surface area contributed by atoms with Crippen LogP contribution in [-0.2, 0) is 4.79 Å². The van der Waals surface area contributed by atoms with Crippen LogP contribution in [0.4, 0.5) is 0 Å². The highest BCUT2D eigenvalue weighted by Gasteiger charge is 2.23. The first-order chi connectivity index (χ1) is 11.1. The molecule has 2 unspecified atom stereocenters. The Labute approximate surface area is 137 Å². The van der Waals surface area contributed by atoms with Crippen molar-refractivity contribution in [2.24, 2.45) is 5.92 Å². The Hall–Kier alpha value is -2.07. The van der Waals surface area contributed by atoms with E-state index in [0.717, 1.165) is 36.0 Å². The molecule has 4 nitrogen and oxygen atoms in total. The Morgan fingerprint density at radius 1 is 1.35 bits per heavy atom. The zero-order valence-electron chi connectivity index (χ0n) is 13.8. The molecule has 0 radical (unpaired) electrons. The van der Waals surface area contributed by atoms with Crippen LogP contribution in [0.3, 0.4) is 0 Å². The average Bonchev–Trinajstić information content (AvgIpc) is 2.99. The lowest BCUT2D eigenvalue weighted by atomic mass is 9.93. The molecule has 0 bridgehead atoms. The summed E-state index contributed by atoms with van der Waals surface area (Å²) in [6.45, 7) is 0.561. The third-order valence-corrected chi connectivity index (χ3v) is 4.51. The number of furan rings is 1. The molecule has 0 aliphatic heterocycles. The topological polar surface area (TPSA) is 45.5 Å². The van der Waals surface area contributed by atoms with E-state index < -0.39 is 0 Å². The fraction of sp³-hybridized carbons (Fsp3) is 0.421. The van der Waals surface area contributed by atoms with E-state index in [0.29, 0.717) is 6.54 Å². The molecule has 2 atom stereocenters. The number of nitrogens with one attached hydrogen (secondary N) is 1. The van der Waals surface area contributed by atoms with Gasteiger partial charge in [-0.2, -0.15) is 0 Å². The summed E-state index contributed by atoms with van der Waals surface area (Å²) < 4.78 is 5.97. The first-order valence-corrected chi connectivity index (χ1v) is 8.23. The van der Waals surface area contributed by atoms with Crippen molar-refractivity contribution >= 4 is 16.9 Å². The highest BCUT2D eigenvalue weighted by molar-refractivity contribution is 5.79. The Morgan fingerprint density at radius 2 is 2.17 bits per heavy atom. The van der Waals surface area contributed by atoms with Gasteiger partial charge in [-0.05, 0) is 45.5 Å². The van der Waals surface area contributed by atoms with Crippen molar-refractivity contribution in [2.75, 3.05) is 20.6 Å². The number of benzene rings is 1. The third-order valence-electron chi connectivity index (χ3n) is 4.51. The molecule has 0 spiro atoms. The summed E-state index contributed by atoms with van der Waals surface area (Å²) in [5.41, 5.74) is 0.887. The fourth-order valence-corrected chi connectivity index (χ4v) is 3.08. The van der Waals surface area contributed by atoms with Crippen molar-refractivity contribution in [3.63, 3.8) is 0 Å². The lowest BCUT2D eigenvalue weighted by Crippen LogP contribution is -2.37. The number of rotatable bonds is 5. The lowest BCUT2D eigenvalue weighted by molar-refractivity contribution is -0.125. The standard InChI is InChI=1S/C19H24N2O2/c1-21(2)16(13-20-19(22)14-8-4-3-5-9-14)18-12-15-10-6-7-11-17(15)23-18/h3-4,6-7,10-12,14,16H,5,8-9,13H2,1-2H3,(H,20,22). The number of likely N-dealkylation sites (N-methyl/N-ethyl adjacent to an activating group) is 1. The maximum Gasteiger partial charge on any atom is 0.223 e. The molecule has 1 aliphatic rings. The number of carbonyl (C=O) groups excluding carboxylic acids is 1. The molecule has 1 aliphatic carbocycles. The Bertz CT molecular complexity index is 669. The number of carbonyl (C=O) groups is 1. The molecule has 23 heavy (non-hydrogen) atoms. The Morgan fingerprint density at radius 3 is 2.87 bits per heavy atom. The van der Waals surface area contributed by atoms with Gasteiger partial charge in [0, 0.05) is 17.8 Å². The number of hydrogen-bond acceptors (Lipinski definition) is 3. The Kier molecular flexibility index (Phi) is 4.82. The van der Waals surface area contributed by atoms with Gasteiger partial charge in [0.2, 0.25) is 5.91 Å². The molecule has 122 valence electrons. The second-order valence-corrected chi connectivity index (χ2v) is 6.39. The predicted molar refractivity (Wildman–Crippen MR) is 92.1 cm³/mol. The van der Waals surface area contributed by atoms with Gasteiger partial charge >= 0.3 is 0 Å². The minimum absolute atomic E-state index is 0.0329. The normalized spacial score (nSPS) is 19.2. The van der Waals surface area contributed by atoms with Crippen molar-refractivity contribution < 1.29 is 9.21 Å². The van der Waals surface area contributed by atoms with Gasteiger partial charge in [-0.3, -0.25) is 9.69 Å². The van der Waals surface area contributed by atoms with Gasteiger partial charge < -0.3 is 9.73 Å². The highest BCUT2D eigenvalue weighted by Crippen LogP contribution is 2.26. The molecule has 0 saturated heterocycles. The molecule has 1 heterocycles. The first-order valence-electron chi connectivity index (χ1n) is 8.23. The van der Waals surface area contributed by atoms with Gasteiger partial charge in [0.25, 0.3) is 0 Å². The zero-order chi connectivity index (χ0) is 16.2. The maximum absolute atomic E-state index is 12.3. The van der Waals surface area contributed by atoms with Crippen molar-refractivity contribution in [1.82, 2.24) is 10.2 Å². The van der Waals surface area contributed by atoms with Gasteiger partial charge in [0.15, 0.2) is 0 Å². The van der Waals surface area contributed by atoms with Crippen LogP contribution in [0.15, 0.2) is 46.9 Å². The van der Waals surface area contributed by atoms with Crippen molar-refractivity contribution in [3.05, 3.63) is 48.2 Å². The molecule has 1 N–H and O–H groups in total. The minimum Gasteiger partial charge on any atom is -0.459 e. The number of fused-ring (bicyclic) bond motifs is 1. The number of hydrogen-bond donors (Lipinski definition) is 1. The molecule has 0 fully saturated rings. The molecule has 4 heteroatoms. The van der Waals surface area contributed by atoms with Gasteiger partial charge in [0.05, 0.1) is 6.04 Å². The summed E-state index contributed by atoms with van der Waals surface area (Å²) in [6.07, 6.45) is 7.05. The fourth-order valence-electron chi connectivity index (χ4n) is 3.08. The molecule has 3 rings (SSSR count). The number of para-hydroxylation sites is 1. The van der Waals surface area contributed by atoms with E-state index in [2.05, 4.69) is 28.4 Å². The van der Waals surface area contributed by atoms with E-state index >= 15 is 0 Å². The van der Waals surface area contributed by atoms with Crippen LogP contribution >= 0.6 is 0 Å². The summed E-state index contributed by atoms with van der Waals surface area (Å²) >= 11 is 0. The van der Waals surface area contributed by atoms with Crippen LogP contribution in [0.25, 0.3) is 11.0 Å². The summed E-state index contributed by atoms with van der Waals surface area (Å²) in [5, 5.41) is 4.20. The smallest absolute Gasteiger partial charge is 0.223 e. The van der Waals surface area contributed by atoms with Crippen LogP contribution < -0.4 is 5.32 Å². The molecule has 1 aromatic heterocycles. The van der Waals surface area contributed by atoms with Crippen LogP contribution in [-0.4, -0.2) is 31.4 Å². The van der Waals surface area contributed by atoms with E-state index in [4.69, 9.17) is 4.42 Å². The Balaban J connectivity index is 1.69. The monoisotopic (exact) mass is 312 g/mol. The quantitative estimate of drug-likeness (QED) is 0.859. The van der Waals surface area contributed by atoms with Crippen LogP contribution in [0.1, 0.15) is 31.1 Å². The maximum atomic E-state index is 12.3. The van der Waals surface area contributed by atoms with Crippen molar-refractivity contribution in [3.8, 4) is 0 Å². The van der Waals surface area contributed by atoms with Gasteiger partial charge in [-0.15, -0.1) is 0 Å². The molecule has 0 saturated carbocycles. The van der Waals surface area contributed by atoms with Crippen molar-refractivity contribution in [1.29, 1.82) is 0 Å². The molecule has 1 amide bonds. The van der Waals surface area contributed by atoms with Gasteiger partial charge in [-0.1, -0.05) is 30.4 Å². The minimum atomic E-state index is 0.0329. The summed E-state index contributed by atoms with van der Waals surface area (Å²) in [6, 6.07) is 10.1. The number of allylic oxidation sites excluding steroid dienone is 2. The van der Waals surface area contributed by atoms with Gasteiger partial charge in [-0.25, -0.2) is 0 Å². The van der Waals surface area contributed by atoms with E-state index in [1.165, 1.54) is 0 Å². The highest BCUT2D eigenvalue weighted by atomic mass is 16.3. The molecular weight excluding hydrogens is 288 g/mol. The van der Waals surface area contributed by atoms with E-state index in [9.17, 15) is 4.79 Å². The summed E-state index contributed by atoms with van der Waals surface area (Å²) in [5.74, 6) is 1.15. The second-order valence-electron chi connectivity index (χ2n) is 6.39. The molecule has 2 aromatic rings. The number of amides is 1. The predicted octanol–water partition coefficient (Wildman–Crippen LogP) is 3.51. The van der Waals surface area contributed by atoms with Crippen LogP contribution in [0.5, 0.6) is 0 Å². The van der Waals surface area contributed by atoms with Gasteiger partial charge in [0.1, 0.15) is 11.3 Å². The van der Waals surface area contributed by atoms with Crippen molar-refractivity contribution in [2.45, 2.75) is 25.3 Å². The summed E-state index contributed by atoms with van der Waals surface area (Å²) in [7, 11) is 4.01. The zero-order valence-corrected chi connectivity index (χ0v) is 13.8.